The van der Waals surface area contributed by atoms with Crippen molar-refractivity contribution in [2.45, 2.75) is 13.3 Å². The van der Waals surface area contributed by atoms with Crippen molar-refractivity contribution < 1.29 is 14.3 Å². The highest BCUT2D eigenvalue weighted by molar-refractivity contribution is 9.09. The number of alkyl halides is 1. The molecule has 0 saturated heterocycles. The summed E-state index contributed by atoms with van der Waals surface area (Å²) in [5, 5.41) is 0.791. The van der Waals surface area contributed by atoms with Crippen molar-refractivity contribution in [1.29, 1.82) is 0 Å². The van der Waals surface area contributed by atoms with Crippen molar-refractivity contribution in [3.63, 3.8) is 0 Å². The topological polar surface area (TPSA) is 35.5 Å². The number of hydrogen-bond donors (Lipinski definition) is 0. The standard InChI is InChI=1S/C11H13BrO3/c1-2-11(13)15-10-5-3-9(4-6-10)14-8-7-12/h3-6H,2,7-8H2,1H3. The summed E-state index contributed by atoms with van der Waals surface area (Å²) in [4.78, 5) is 11.0. The van der Waals surface area contributed by atoms with Crippen LogP contribution in [0.1, 0.15) is 13.3 Å². The third-order valence-corrected chi connectivity index (χ3v) is 2.01. The van der Waals surface area contributed by atoms with Crippen molar-refractivity contribution in [3.8, 4) is 11.5 Å². The van der Waals surface area contributed by atoms with E-state index in [1.807, 2.05) is 0 Å². The summed E-state index contributed by atoms with van der Waals surface area (Å²) in [5.41, 5.74) is 0. The van der Waals surface area contributed by atoms with Crippen LogP contribution in [0.5, 0.6) is 11.5 Å². The molecule has 3 nitrogen and oxygen atoms in total. The molecule has 0 aromatic heterocycles. The summed E-state index contributed by atoms with van der Waals surface area (Å²) < 4.78 is 10.4. The number of benzene rings is 1. The van der Waals surface area contributed by atoms with Gasteiger partial charge in [-0.3, -0.25) is 4.79 Å². The molecule has 0 unspecified atom stereocenters. The maximum Gasteiger partial charge on any atom is 0.310 e. The summed E-state index contributed by atoms with van der Waals surface area (Å²) in [6.07, 6.45) is 0.377. The number of hydrogen-bond acceptors (Lipinski definition) is 3. The van der Waals surface area contributed by atoms with E-state index in [2.05, 4.69) is 15.9 Å². The Kier molecular flexibility index (Phi) is 5.18. The molecule has 0 spiro atoms. The van der Waals surface area contributed by atoms with Gasteiger partial charge < -0.3 is 9.47 Å². The first kappa shape index (κ1) is 12.0. The SMILES string of the molecule is CCC(=O)Oc1ccc(OCCBr)cc1. The predicted octanol–water partition coefficient (Wildman–Crippen LogP) is 2.78. The van der Waals surface area contributed by atoms with E-state index in [4.69, 9.17) is 9.47 Å². The maximum atomic E-state index is 11.0. The second kappa shape index (κ2) is 6.45. The largest absolute Gasteiger partial charge is 0.493 e. The van der Waals surface area contributed by atoms with Gasteiger partial charge in [0.2, 0.25) is 0 Å². The van der Waals surface area contributed by atoms with Crippen LogP contribution in [-0.2, 0) is 4.79 Å². The Balaban J connectivity index is 2.52. The Morgan fingerprint density at radius 3 is 2.40 bits per heavy atom. The molecule has 0 bridgehead atoms. The third kappa shape index (κ3) is 4.34. The molecule has 0 aliphatic carbocycles. The van der Waals surface area contributed by atoms with Crippen molar-refractivity contribution in [2.24, 2.45) is 0 Å². The molecule has 0 amide bonds. The van der Waals surface area contributed by atoms with E-state index >= 15 is 0 Å². The van der Waals surface area contributed by atoms with E-state index in [0.29, 0.717) is 18.8 Å². The average Bonchev–Trinajstić information content (AvgIpc) is 2.28. The molecule has 1 aromatic carbocycles. The minimum absolute atomic E-state index is 0.232. The number of carbonyl (C=O) groups is 1. The van der Waals surface area contributed by atoms with Crippen molar-refractivity contribution in [3.05, 3.63) is 24.3 Å². The Morgan fingerprint density at radius 2 is 1.87 bits per heavy atom. The number of ether oxygens (including phenoxy) is 2. The third-order valence-electron chi connectivity index (χ3n) is 1.69. The van der Waals surface area contributed by atoms with Gasteiger partial charge in [0.05, 0.1) is 6.61 Å². The summed E-state index contributed by atoms with van der Waals surface area (Å²) in [6.45, 7) is 2.38. The van der Waals surface area contributed by atoms with Crippen LogP contribution in [0.4, 0.5) is 0 Å². The van der Waals surface area contributed by atoms with Gasteiger partial charge in [0, 0.05) is 11.8 Å². The Morgan fingerprint density at radius 1 is 1.27 bits per heavy atom. The molecule has 0 saturated carbocycles. The van der Waals surface area contributed by atoms with Crippen LogP contribution in [0.2, 0.25) is 0 Å². The zero-order valence-electron chi connectivity index (χ0n) is 8.53. The van der Waals surface area contributed by atoms with Crippen LogP contribution >= 0.6 is 15.9 Å². The smallest absolute Gasteiger partial charge is 0.310 e. The normalized spacial score (nSPS) is 9.73. The fourth-order valence-electron chi connectivity index (χ4n) is 0.964. The van der Waals surface area contributed by atoms with Crippen LogP contribution in [0.25, 0.3) is 0 Å². The molecule has 15 heavy (non-hydrogen) atoms. The molecule has 0 atom stereocenters. The molecule has 4 heteroatoms. The van der Waals surface area contributed by atoms with Gasteiger partial charge in [-0.1, -0.05) is 22.9 Å². The Labute approximate surface area is 97.5 Å². The van der Waals surface area contributed by atoms with Crippen molar-refractivity contribution in [2.75, 3.05) is 11.9 Å². The van der Waals surface area contributed by atoms with Crippen LogP contribution in [0, 0.1) is 0 Å². The van der Waals surface area contributed by atoms with Crippen LogP contribution < -0.4 is 9.47 Å². The number of carbonyl (C=O) groups excluding carboxylic acids is 1. The van der Waals surface area contributed by atoms with Gasteiger partial charge in [-0.15, -0.1) is 0 Å². The molecule has 1 rings (SSSR count). The van der Waals surface area contributed by atoms with E-state index in [0.717, 1.165) is 11.1 Å². The van der Waals surface area contributed by atoms with E-state index in [1.54, 1.807) is 31.2 Å². The molecule has 1 aromatic rings. The quantitative estimate of drug-likeness (QED) is 0.470. The highest BCUT2D eigenvalue weighted by atomic mass is 79.9. The fourth-order valence-corrected chi connectivity index (χ4v) is 1.13. The van der Waals surface area contributed by atoms with Gasteiger partial charge in [0.15, 0.2) is 0 Å². The van der Waals surface area contributed by atoms with E-state index in [9.17, 15) is 4.79 Å². The monoisotopic (exact) mass is 272 g/mol. The lowest BCUT2D eigenvalue weighted by atomic mass is 10.3. The minimum atomic E-state index is -0.232. The molecule has 0 heterocycles. The van der Waals surface area contributed by atoms with E-state index in [1.165, 1.54) is 0 Å². The molecule has 0 radical (unpaired) electrons. The van der Waals surface area contributed by atoms with E-state index in [-0.39, 0.29) is 5.97 Å². The summed E-state index contributed by atoms with van der Waals surface area (Å²) in [5.74, 6) is 1.09. The summed E-state index contributed by atoms with van der Waals surface area (Å²) in [6, 6.07) is 7.00. The van der Waals surface area contributed by atoms with Gasteiger partial charge in [-0.05, 0) is 24.3 Å². The van der Waals surface area contributed by atoms with Gasteiger partial charge in [0.25, 0.3) is 0 Å². The average molecular weight is 273 g/mol. The zero-order chi connectivity index (χ0) is 11.1. The highest BCUT2D eigenvalue weighted by Gasteiger charge is 2.01. The predicted molar refractivity (Wildman–Crippen MR) is 61.7 cm³/mol. The molecule has 82 valence electrons. The first-order valence-electron chi connectivity index (χ1n) is 4.75. The molecule has 0 aliphatic rings. The van der Waals surface area contributed by atoms with E-state index < -0.39 is 0 Å². The Hall–Kier alpha value is -1.03. The minimum Gasteiger partial charge on any atom is -0.493 e. The van der Waals surface area contributed by atoms with Gasteiger partial charge in [-0.25, -0.2) is 0 Å². The molecule has 0 N–H and O–H groups in total. The van der Waals surface area contributed by atoms with Crippen LogP contribution in [-0.4, -0.2) is 17.9 Å². The number of halogens is 1. The highest BCUT2D eigenvalue weighted by Crippen LogP contribution is 2.17. The summed E-state index contributed by atoms with van der Waals surface area (Å²) in [7, 11) is 0. The molecular weight excluding hydrogens is 260 g/mol. The zero-order valence-corrected chi connectivity index (χ0v) is 10.1. The van der Waals surface area contributed by atoms with Crippen LogP contribution in [0.3, 0.4) is 0 Å². The van der Waals surface area contributed by atoms with Crippen molar-refractivity contribution in [1.82, 2.24) is 0 Å². The number of rotatable bonds is 5. The maximum absolute atomic E-state index is 11.0. The first-order chi connectivity index (χ1) is 7.26. The molecule has 0 aliphatic heterocycles. The van der Waals surface area contributed by atoms with Gasteiger partial charge >= 0.3 is 5.97 Å². The van der Waals surface area contributed by atoms with Gasteiger partial charge in [-0.2, -0.15) is 0 Å². The lowest BCUT2D eigenvalue weighted by Crippen LogP contribution is -2.05. The molecular formula is C11H13BrO3. The summed E-state index contributed by atoms with van der Waals surface area (Å²) >= 11 is 3.27. The second-order valence-electron chi connectivity index (χ2n) is 2.84. The number of esters is 1. The second-order valence-corrected chi connectivity index (χ2v) is 3.63. The van der Waals surface area contributed by atoms with Gasteiger partial charge in [0.1, 0.15) is 11.5 Å². The molecule has 0 fully saturated rings. The Bertz CT molecular complexity index is 308. The lowest BCUT2D eigenvalue weighted by molar-refractivity contribution is -0.134. The fraction of sp³-hybridized carbons (Fsp3) is 0.364. The lowest BCUT2D eigenvalue weighted by Gasteiger charge is -2.05. The van der Waals surface area contributed by atoms with Crippen LogP contribution in [0.15, 0.2) is 24.3 Å². The first-order valence-corrected chi connectivity index (χ1v) is 5.88. The van der Waals surface area contributed by atoms with Crippen molar-refractivity contribution >= 4 is 21.9 Å².